The van der Waals surface area contributed by atoms with Crippen molar-refractivity contribution in [2.75, 3.05) is 5.73 Å². The molecule has 0 amide bonds. The number of imidazole rings is 1. The number of nitrogen functional groups attached to an aromatic ring is 1. The van der Waals surface area contributed by atoms with Gasteiger partial charge in [-0.1, -0.05) is 40.2 Å². The summed E-state index contributed by atoms with van der Waals surface area (Å²) in [4.78, 5) is 4.38. The van der Waals surface area contributed by atoms with E-state index in [0.717, 1.165) is 15.5 Å². The molecular formula is C15H14BrN3. The fraction of sp³-hybridized carbons (Fsp3) is 0.133. The highest BCUT2D eigenvalue weighted by Gasteiger charge is 2.09. The first kappa shape index (κ1) is 12.2. The van der Waals surface area contributed by atoms with Gasteiger partial charge in [0.25, 0.3) is 0 Å². The van der Waals surface area contributed by atoms with Crippen molar-refractivity contribution in [2.45, 2.75) is 13.5 Å². The second-order valence-electron chi connectivity index (χ2n) is 4.64. The summed E-state index contributed by atoms with van der Waals surface area (Å²) in [7, 11) is 0. The van der Waals surface area contributed by atoms with Crippen LogP contribution in [0.3, 0.4) is 0 Å². The molecule has 0 aliphatic carbocycles. The highest BCUT2D eigenvalue weighted by molar-refractivity contribution is 9.10. The van der Waals surface area contributed by atoms with Gasteiger partial charge in [-0.25, -0.2) is 4.98 Å². The molecule has 2 N–H and O–H groups in total. The van der Waals surface area contributed by atoms with Crippen LogP contribution in [0.2, 0.25) is 0 Å². The number of halogens is 1. The number of aromatic nitrogens is 2. The smallest absolute Gasteiger partial charge is 0.201 e. The summed E-state index contributed by atoms with van der Waals surface area (Å²) >= 11 is 3.61. The van der Waals surface area contributed by atoms with E-state index in [1.165, 1.54) is 11.1 Å². The van der Waals surface area contributed by atoms with Crippen LogP contribution >= 0.6 is 15.9 Å². The number of nitrogens with two attached hydrogens (primary N) is 1. The predicted molar refractivity (Wildman–Crippen MR) is 82.1 cm³/mol. The standard InChI is InChI=1S/C15H14BrN3/c1-10-6-7-11(12(16)8-10)9-19-14-5-3-2-4-13(14)18-15(19)17/h2-8H,9H2,1H3,(H2,17,18). The fourth-order valence-electron chi connectivity index (χ4n) is 2.21. The summed E-state index contributed by atoms with van der Waals surface area (Å²) in [5.41, 5.74) is 10.4. The number of rotatable bonds is 2. The molecule has 4 heteroatoms. The number of para-hydroxylation sites is 2. The molecule has 0 saturated heterocycles. The van der Waals surface area contributed by atoms with Crippen LogP contribution in [0.1, 0.15) is 11.1 Å². The summed E-state index contributed by atoms with van der Waals surface area (Å²) in [5.74, 6) is 0.550. The lowest BCUT2D eigenvalue weighted by atomic mass is 10.1. The minimum atomic E-state index is 0.550. The molecule has 2 aromatic carbocycles. The van der Waals surface area contributed by atoms with Crippen LogP contribution in [0.4, 0.5) is 5.95 Å². The molecule has 0 saturated carbocycles. The van der Waals surface area contributed by atoms with Crippen molar-refractivity contribution < 1.29 is 0 Å². The lowest BCUT2D eigenvalue weighted by molar-refractivity contribution is 0.834. The van der Waals surface area contributed by atoms with Gasteiger partial charge in [0.2, 0.25) is 5.95 Å². The van der Waals surface area contributed by atoms with E-state index in [2.05, 4.69) is 46.0 Å². The first-order valence-electron chi connectivity index (χ1n) is 6.11. The molecule has 0 radical (unpaired) electrons. The molecule has 0 aliphatic rings. The van der Waals surface area contributed by atoms with Gasteiger partial charge >= 0.3 is 0 Å². The zero-order valence-corrected chi connectivity index (χ0v) is 12.2. The normalized spacial score (nSPS) is 11.1. The Hall–Kier alpha value is -1.81. The molecule has 19 heavy (non-hydrogen) atoms. The first-order chi connectivity index (χ1) is 9.15. The molecule has 1 aromatic heterocycles. The fourth-order valence-corrected chi connectivity index (χ4v) is 2.83. The molecule has 0 aliphatic heterocycles. The number of hydrogen-bond donors (Lipinski definition) is 1. The van der Waals surface area contributed by atoms with Gasteiger partial charge < -0.3 is 10.3 Å². The molecule has 0 atom stereocenters. The number of hydrogen-bond acceptors (Lipinski definition) is 2. The van der Waals surface area contributed by atoms with Crippen LogP contribution < -0.4 is 5.73 Å². The summed E-state index contributed by atoms with van der Waals surface area (Å²) in [6.07, 6.45) is 0. The van der Waals surface area contributed by atoms with Crippen LogP contribution in [0.5, 0.6) is 0 Å². The van der Waals surface area contributed by atoms with Crippen LogP contribution in [0, 0.1) is 6.92 Å². The van der Waals surface area contributed by atoms with Gasteiger partial charge in [-0.05, 0) is 36.2 Å². The van der Waals surface area contributed by atoms with Crippen LogP contribution in [-0.2, 0) is 6.54 Å². The third-order valence-electron chi connectivity index (χ3n) is 3.22. The van der Waals surface area contributed by atoms with E-state index in [-0.39, 0.29) is 0 Å². The average Bonchev–Trinajstić information content (AvgIpc) is 2.69. The van der Waals surface area contributed by atoms with Gasteiger partial charge in [0.1, 0.15) is 0 Å². The van der Waals surface area contributed by atoms with E-state index < -0.39 is 0 Å². The Morgan fingerprint density at radius 3 is 2.79 bits per heavy atom. The third-order valence-corrected chi connectivity index (χ3v) is 3.96. The second kappa shape index (κ2) is 4.70. The first-order valence-corrected chi connectivity index (χ1v) is 6.90. The van der Waals surface area contributed by atoms with Gasteiger partial charge in [-0.2, -0.15) is 0 Å². The van der Waals surface area contributed by atoms with Crippen LogP contribution in [-0.4, -0.2) is 9.55 Å². The Balaban J connectivity index is 2.08. The number of nitrogens with zero attached hydrogens (tertiary/aromatic N) is 2. The SMILES string of the molecule is Cc1ccc(Cn2c(N)nc3ccccc32)c(Br)c1. The molecular weight excluding hydrogens is 302 g/mol. The van der Waals surface area contributed by atoms with Crippen molar-refractivity contribution in [3.63, 3.8) is 0 Å². The lowest BCUT2D eigenvalue weighted by Gasteiger charge is -2.09. The van der Waals surface area contributed by atoms with E-state index in [9.17, 15) is 0 Å². The maximum absolute atomic E-state index is 6.02. The van der Waals surface area contributed by atoms with Gasteiger partial charge in [0.05, 0.1) is 17.6 Å². The largest absolute Gasteiger partial charge is 0.369 e. The van der Waals surface area contributed by atoms with Gasteiger partial charge in [-0.3, -0.25) is 0 Å². The van der Waals surface area contributed by atoms with E-state index >= 15 is 0 Å². The third kappa shape index (κ3) is 2.24. The zero-order valence-electron chi connectivity index (χ0n) is 10.6. The summed E-state index contributed by atoms with van der Waals surface area (Å²) < 4.78 is 3.13. The minimum absolute atomic E-state index is 0.550. The number of aryl methyl sites for hydroxylation is 1. The van der Waals surface area contributed by atoms with Crippen molar-refractivity contribution in [2.24, 2.45) is 0 Å². The minimum Gasteiger partial charge on any atom is -0.369 e. The Morgan fingerprint density at radius 2 is 2.00 bits per heavy atom. The van der Waals surface area contributed by atoms with E-state index in [4.69, 9.17) is 5.73 Å². The molecule has 96 valence electrons. The molecule has 0 spiro atoms. The molecule has 3 aromatic rings. The summed E-state index contributed by atoms with van der Waals surface area (Å²) in [6, 6.07) is 14.3. The Labute approximate surface area is 120 Å². The van der Waals surface area contributed by atoms with E-state index in [1.807, 2.05) is 28.8 Å². The number of benzene rings is 2. The second-order valence-corrected chi connectivity index (χ2v) is 5.49. The quantitative estimate of drug-likeness (QED) is 0.783. The van der Waals surface area contributed by atoms with Crippen LogP contribution in [0.15, 0.2) is 46.9 Å². The van der Waals surface area contributed by atoms with E-state index in [0.29, 0.717) is 12.5 Å². The Bertz CT molecular complexity index is 746. The predicted octanol–water partition coefficient (Wildman–Crippen LogP) is 3.74. The lowest BCUT2D eigenvalue weighted by Crippen LogP contribution is -2.05. The van der Waals surface area contributed by atoms with Crippen molar-refractivity contribution >= 4 is 32.9 Å². The Morgan fingerprint density at radius 1 is 1.21 bits per heavy atom. The highest BCUT2D eigenvalue weighted by atomic mass is 79.9. The monoisotopic (exact) mass is 315 g/mol. The average molecular weight is 316 g/mol. The van der Waals surface area contributed by atoms with Crippen molar-refractivity contribution in [1.82, 2.24) is 9.55 Å². The molecule has 0 unspecified atom stereocenters. The summed E-state index contributed by atoms with van der Waals surface area (Å²) in [6.45, 7) is 2.79. The molecule has 0 fully saturated rings. The van der Waals surface area contributed by atoms with Gasteiger partial charge in [-0.15, -0.1) is 0 Å². The molecule has 3 rings (SSSR count). The van der Waals surface area contributed by atoms with Crippen LogP contribution in [0.25, 0.3) is 11.0 Å². The Kier molecular flexibility index (Phi) is 3.03. The molecule has 0 bridgehead atoms. The summed E-state index contributed by atoms with van der Waals surface area (Å²) in [5, 5.41) is 0. The highest BCUT2D eigenvalue weighted by Crippen LogP contribution is 2.23. The maximum atomic E-state index is 6.02. The van der Waals surface area contributed by atoms with Crippen molar-refractivity contribution in [1.29, 1.82) is 0 Å². The zero-order chi connectivity index (χ0) is 13.4. The topological polar surface area (TPSA) is 43.8 Å². The van der Waals surface area contributed by atoms with Gasteiger partial charge in [0.15, 0.2) is 0 Å². The van der Waals surface area contributed by atoms with Crippen molar-refractivity contribution in [3.05, 3.63) is 58.1 Å². The molecule has 1 heterocycles. The number of fused-ring (bicyclic) bond motifs is 1. The van der Waals surface area contributed by atoms with E-state index in [1.54, 1.807) is 0 Å². The van der Waals surface area contributed by atoms with Gasteiger partial charge in [0, 0.05) is 4.47 Å². The molecule has 3 nitrogen and oxygen atoms in total. The van der Waals surface area contributed by atoms with Crippen molar-refractivity contribution in [3.8, 4) is 0 Å². The maximum Gasteiger partial charge on any atom is 0.201 e. The number of anilines is 1.